The van der Waals surface area contributed by atoms with Gasteiger partial charge in [-0.3, -0.25) is 0 Å². The number of hydrogen-bond donors (Lipinski definition) is 0. The van der Waals surface area contributed by atoms with Gasteiger partial charge in [-0.05, 0) is 29.8 Å². The molecule has 2 nitrogen and oxygen atoms in total. The monoisotopic (exact) mass is 430 g/mol. The van der Waals surface area contributed by atoms with Crippen molar-refractivity contribution in [2.24, 2.45) is 0 Å². The summed E-state index contributed by atoms with van der Waals surface area (Å²) >= 11 is 12.9. The maximum Gasteiger partial charge on any atom is 0.205 e. The molecule has 1 saturated heterocycles. The van der Waals surface area contributed by atoms with Crippen LogP contribution >= 0.6 is 43.5 Å². The van der Waals surface area contributed by atoms with E-state index >= 15 is 0 Å². The molecule has 3 rings (SSSR count). The van der Waals surface area contributed by atoms with Crippen LogP contribution in [-0.4, -0.2) is 11.9 Å². The summed E-state index contributed by atoms with van der Waals surface area (Å²) in [6.45, 7) is 0.517. The molecule has 2 aromatic rings. The zero-order chi connectivity index (χ0) is 14.9. The van der Waals surface area contributed by atoms with Crippen LogP contribution in [0.4, 0.5) is 0 Å². The molecule has 0 saturated carbocycles. The van der Waals surface area contributed by atoms with Crippen molar-refractivity contribution < 1.29 is 9.47 Å². The molecule has 0 amide bonds. The van der Waals surface area contributed by atoms with Gasteiger partial charge in [-0.1, -0.05) is 67.7 Å². The van der Waals surface area contributed by atoms with Gasteiger partial charge in [0.05, 0.1) is 11.9 Å². The second kappa shape index (κ2) is 6.39. The standard InChI is InChI=1S/C16H13Br2ClO2/c17-10-16(12-3-5-13(18)6-4-12)20-9-15(21-16)11-1-7-14(19)8-2-11/h1-8,15H,9-10H2. The molecular formula is C16H13Br2ClO2. The number of benzene rings is 2. The molecule has 0 aromatic heterocycles. The van der Waals surface area contributed by atoms with E-state index in [-0.39, 0.29) is 6.10 Å². The molecule has 2 unspecified atom stereocenters. The zero-order valence-electron chi connectivity index (χ0n) is 11.1. The molecule has 0 radical (unpaired) electrons. The Kier molecular flexibility index (Phi) is 4.71. The van der Waals surface area contributed by atoms with Crippen LogP contribution in [0.25, 0.3) is 0 Å². The van der Waals surface area contributed by atoms with Crippen molar-refractivity contribution in [3.63, 3.8) is 0 Å². The Hall–Kier alpha value is -0.390. The number of halogens is 3. The topological polar surface area (TPSA) is 18.5 Å². The first kappa shape index (κ1) is 15.5. The lowest BCUT2D eigenvalue weighted by Gasteiger charge is -2.26. The van der Waals surface area contributed by atoms with Crippen molar-refractivity contribution in [1.29, 1.82) is 0 Å². The fourth-order valence-corrected chi connectivity index (χ4v) is 3.36. The van der Waals surface area contributed by atoms with Gasteiger partial charge < -0.3 is 9.47 Å². The largest absolute Gasteiger partial charge is 0.342 e. The molecular weight excluding hydrogens is 419 g/mol. The van der Waals surface area contributed by atoms with E-state index in [9.17, 15) is 0 Å². The van der Waals surface area contributed by atoms with E-state index in [2.05, 4.69) is 31.9 Å². The third-order valence-corrected chi connectivity index (χ3v) is 5.02. The highest BCUT2D eigenvalue weighted by Gasteiger charge is 2.42. The smallest absolute Gasteiger partial charge is 0.205 e. The van der Waals surface area contributed by atoms with E-state index in [1.165, 1.54) is 0 Å². The molecule has 5 heteroatoms. The van der Waals surface area contributed by atoms with Crippen LogP contribution in [0.1, 0.15) is 17.2 Å². The van der Waals surface area contributed by atoms with Crippen molar-refractivity contribution >= 4 is 43.5 Å². The van der Waals surface area contributed by atoms with Crippen LogP contribution in [0.2, 0.25) is 5.02 Å². The first-order chi connectivity index (χ1) is 10.1. The Morgan fingerprint density at radius 2 is 1.76 bits per heavy atom. The van der Waals surface area contributed by atoms with E-state index < -0.39 is 5.79 Å². The molecule has 0 N–H and O–H groups in total. The van der Waals surface area contributed by atoms with E-state index in [0.717, 1.165) is 20.6 Å². The van der Waals surface area contributed by atoms with Gasteiger partial charge in [0, 0.05) is 15.1 Å². The molecule has 1 fully saturated rings. The molecule has 0 aliphatic carbocycles. The molecule has 0 bridgehead atoms. The Labute approximate surface area is 145 Å². The van der Waals surface area contributed by atoms with E-state index in [1.807, 2.05) is 48.5 Å². The van der Waals surface area contributed by atoms with E-state index in [0.29, 0.717) is 11.9 Å². The quantitative estimate of drug-likeness (QED) is 0.602. The number of hydrogen-bond acceptors (Lipinski definition) is 2. The lowest BCUT2D eigenvalue weighted by molar-refractivity contribution is -0.157. The minimum Gasteiger partial charge on any atom is -0.342 e. The van der Waals surface area contributed by atoms with Crippen molar-refractivity contribution in [3.8, 4) is 0 Å². The van der Waals surface area contributed by atoms with Crippen LogP contribution in [-0.2, 0) is 15.3 Å². The summed E-state index contributed by atoms with van der Waals surface area (Å²) in [5.41, 5.74) is 2.07. The van der Waals surface area contributed by atoms with Gasteiger partial charge in [0.25, 0.3) is 0 Å². The fourth-order valence-electron chi connectivity index (χ4n) is 2.35. The Morgan fingerprint density at radius 3 is 2.38 bits per heavy atom. The second-order valence-corrected chi connectivity index (χ2v) is 6.78. The summed E-state index contributed by atoms with van der Waals surface area (Å²) in [5.74, 6) is -0.745. The highest BCUT2D eigenvalue weighted by atomic mass is 79.9. The fraction of sp³-hybridized carbons (Fsp3) is 0.250. The van der Waals surface area contributed by atoms with Gasteiger partial charge in [-0.15, -0.1) is 0 Å². The summed E-state index contributed by atoms with van der Waals surface area (Å²) in [6.07, 6.45) is -0.0940. The van der Waals surface area contributed by atoms with Gasteiger partial charge in [-0.25, -0.2) is 0 Å². The SMILES string of the molecule is Clc1ccc(C2COC(CBr)(c3ccc(Br)cc3)O2)cc1. The zero-order valence-corrected chi connectivity index (χ0v) is 15.0. The lowest BCUT2D eigenvalue weighted by atomic mass is 10.1. The van der Waals surface area contributed by atoms with Crippen LogP contribution in [0, 0.1) is 0 Å². The highest BCUT2D eigenvalue weighted by molar-refractivity contribution is 9.10. The Morgan fingerprint density at radius 1 is 1.10 bits per heavy atom. The Balaban J connectivity index is 1.85. The summed E-state index contributed by atoms with van der Waals surface area (Å²) in [5, 5.41) is 1.29. The minimum atomic E-state index is -0.745. The maximum absolute atomic E-state index is 6.22. The van der Waals surface area contributed by atoms with Gasteiger partial charge in [-0.2, -0.15) is 0 Å². The van der Waals surface area contributed by atoms with Crippen molar-refractivity contribution in [2.45, 2.75) is 11.9 Å². The number of rotatable bonds is 3. The van der Waals surface area contributed by atoms with E-state index in [4.69, 9.17) is 21.1 Å². The van der Waals surface area contributed by atoms with Gasteiger partial charge in [0.2, 0.25) is 5.79 Å². The van der Waals surface area contributed by atoms with Crippen LogP contribution in [0.5, 0.6) is 0 Å². The predicted molar refractivity (Wildman–Crippen MR) is 90.8 cm³/mol. The molecule has 1 aliphatic rings. The summed E-state index contributed by atoms with van der Waals surface area (Å²) < 4.78 is 13.2. The van der Waals surface area contributed by atoms with Crippen molar-refractivity contribution in [2.75, 3.05) is 11.9 Å². The summed E-state index contributed by atoms with van der Waals surface area (Å²) in [7, 11) is 0. The molecule has 21 heavy (non-hydrogen) atoms. The van der Waals surface area contributed by atoms with Crippen LogP contribution in [0.15, 0.2) is 53.0 Å². The summed E-state index contributed by atoms with van der Waals surface area (Å²) in [4.78, 5) is 0. The van der Waals surface area contributed by atoms with Crippen LogP contribution in [0.3, 0.4) is 0 Å². The third-order valence-electron chi connectivity index (χ3n) is 3.50. The van der Waals surface area contributed by atoms with Gasteiger partial charge >= 0.3 is 0 Å². The molecule has 2 atom stereocenters. The maximum atomic E-state index is 6.22. The molecule has 1 heterocycles. The molecule has 110 valence electrons. The first-order valence-corrected chi connectivity index (χ1v) is 8.81. The predicted octanol–water partition coefficient (Wildman–Crippen LogP) is 5.44. The lowest BCUT2D eigenvalue weighted by Crippen LogP contribution is -2.29. The average molecular weight is 433 g/mol. The Bertz CT molecular complexity index is 615. The summed E-state index contributed by atoms with van der Waals surface area (Å²) in [6, 6.07) is 15.7. The molecule has 2 aromatic carbocycles. The molecule has 0 spiro atoms. The van der Waals surface area contributed by atoms with Crippen molar-refractivity contribution in [1.82, 2.24) is 0 Å². The van der Waals surface area contributed by atoms with Gasteiger partial charge in [0.15, 0.2) is 0 Å². The minimum absolute atomic E-state index is 0.0940. The third kappa shape index (κ3) is 3.20. The van der Waals surface area contributed by atoms with Crippen molar-refractivity contribution in [3.05, 3.63) is 69.2 Å². The van der Waals surface area contributed by atoms with Crippen LogP contribution < -0.4 is 0 Å². The second-order valence-electron chi connectivity index (χ2n) is 4.86. The normalized spacial score (nSPS) is 25.2. The number of ether oxygens (including phenoxy) is 2. The first-order valence-electron chi connectivity index (χ1n) is 6.52. The average Bonchev–Trinajstić information content (AvgIpc) is 2.94. The number of alkyl halides is 1. The molecule has 1 aliphatic heterocycles. The van der Waals surface area contributed by atoms with Gasteiger partial charge in [0.1, 0.15) is 6.10 Å². The highest BCUT2D eigenvalue weighted by Crippen LogP contribution is 2.42. The van der Waals surface area contributed by atoms with E-state index in [1.54, 1.807) is 0 Å².